The highest BCUT2D eigenvalue weighted by Gasteiger charge is 2.37. The van der Waals surface area contributed by atoms with Crippen molar-refractivity contribution in [3.8, 4) is 27.9 Å². The number of hydrogen-bond acceptors (Lipinski definition) is 2. The zero-order valence-corrected chi connectivity index (χ0v) is 37.6. The lowest BCUT2D eigenvalue weighted by atomic mass is 9.58. The molecule has 2 aromatic heterocycles. The fraction of sp³-hybridized carbons (Fsp3) is 0.263. The van der Waals surface area contributed by atoms with E-state index in [4.69, 9.17) is 4.42 Å². The van der Waals surface area contributed by atoms with Crippen LogP contribution < -0.4 is 16.2 Å². The molecule has 7 aromatic carbocycles. The smallest absolute Gasteiger partial charge is 0.198 e. The number of benzene rings is 7. The lowest BCUT2D eigenvalue weighted by Crippen LogP contribution is -2.38. The Hall–Kier alpha value is -6.00. The minimum absolute atomic E-state index is 0.0171. The van der Waals surface area contributed by atoms with Crippen LogP contribution in [0, 0.1) is 0 Å². The van der Waals surface area contributed by atoms with E-state index in [0.717, 1.165) is 40.6 Å². The third kappa shape index (κ3) is 5.71. The summed E-state index contributed by atoms with van der Waals surface area (Å²) in [5.41, 5.74) is 22.4. The van der Waals surface area contributed by atoms with Gasteiger partial charge in [-0.15, -0.1) is 0 Å². The standard InChI is InChI=1S/C57H55BN2O/c1-54(2,3)32-16-20-35(21-17-32)59-47-31-51-43(37-22-18-34(56(7,8)9)27-50(37)61-51)29-41(47)38-23-24-39-42-28-40-36-14-12-13-15-44(36)57(10,11)45(40)30-49(42)60-48-25-19-33(55(4,5)6)26-46(48)58-52(38)53(39)60/h12-31,58-59H,1-11H3. The van der Waals surface area contributed by atoms with Crippen molar-refractivity contribution >= 4 is 73.3 Å². The number of nitrogens with one attached hydrogen (secondary N) is 1. The maximum Gasteiger partial charge on any atom is 0.198 e. The third-order valence-electron chi connectivity index (χ3n) is 14.1. The molecule has 1 aliphatic carbocycles. The van der Waals surface area contributed by atoms with Crippen molar-refractivity contribution in [2.45, 2.75) is 97.8 Å². The topological polar surface area (TPSA) is 30.1 Å². The summed E-state index contributed by atoms with van der Waals surface area (Å²) in [7, 11) is 0.842. The Morgan fingerprint density at radius 1 is 0.525 bits per heavy atom. The van der Waals surface area contributed by atoms with Gasteiger partial charge in [0.15, 0.2) is 7.28 Å². The first-order chi connectivity index (χ1) is 28.9. The van der Waals surface area contributed by atoms with Crippen LogP contribution in [-0.2, 0) is 21.7 Å². The minimum atomic E-state index is -0.0967. The van der Waals surface area contributed by atoms with E-state index in [2.05, 4.69) is 207 Å². The quantitative estimate of drug-likeness (QED) is 0.181. The van der Waals surface area contributed by atoms with Gasteiger partial charge in [-0.1, -0.05) is 154 Å². The summed E-state index contributed by atoms with van der Waals surface area (Å²) in [6.45, 7) is 25.3. The van der Waals surface area contributed by atoms with Crippen molar-refractivity contribution in [3.05, 3.63) is 149 Å². The van der Waals surface area contributed by atoms with Crippen LogP contribution in [0.1, 0.15) is 104 Å². The summed E-state index contributed by atoms with van der Waals surface area (Å²) in [6, 6.07) is 46.4. The van der Waals surface area contributed by atoms with Crippen molar-refractivity contribution in [3.63, 3.8) is 0 Å². The normalized spacial score (nSPS) is 14.4. The molecule has 11 rings (SSSR count). The highest BCUT2D eigenvalue weighted by Crippen LogP contribution is 2.51. The molecule has 3 heterocycles. The van der Waals surface area contributed by atoms with E-state index in [1.807, 2.05) is 0 Å². The van der Waals surface area contributed by atoms with Gasteiger partial charge in [0.25, 0.3) is 0 Å². The summed E-state index contributed by atoms with van der Waals surface area (Å²) in [6.07, 6.45) is 0. The van der Waals surface area contributed by atoms with E-state index in [0.29, 0.717) is 0 Å². The van der Waals surface area contributed by atoms with Gasteiger partial charge in [0.2, 0.25) is 0 Å². The molecular formula is C57H55BN2O. The molecule has 1 aliphatic heterocycles. The van der Waals surface area contributed by atoms with Crippen molar-refractivity contribution in [2.75, 3.05) is 5.32 Å². The fourth-order valence-electron chi connectivity index (χ4n) is 10.5. The van der Waals surface area contributed by atoms with Gasteiger partial charge < -0.3 is 14.3 Å². The molecule has 0 radical (unpaired) electrons. The van der Waals surface area contributed by atoms with E-state index in [9.17, 15) is 0 Å². The van der Waals surface area contributed by atoms with Crippen LogP contribution in [0.5, 0.6) is 0 Å². The largest absolute Gasteiger partial charge is 0.456 e. The minimum Gasteiger partial charge on any atom is -0.456 e. The van der Waals surface area contributed by atoms with Crippen LogP contribution in [0.15, 0.2) is 126 Å². The van der Waals surface area contributed by atoms with Gasteiger partial charge in [-0.05, 0) is 109 Å². The van der Waals surface area contributed by atoms with Gasteiger partial charge in [-0.2, -0.15) is 0 Å². The molecule has 0 spiro atoms. The maximum atomic E-state index is 6.75. The highest BCUT2D eigenvalue weighted by molar-refractivity contribution is 6.73. The molecule has 3 nitrogen and oxygen atoms in total. The number of fused-ring (bicyclic) bond motifs is 11. The molecule has 0 unspecified atom stereocenters. The second kappa shape index (κ2) is 12.5. The molecule has 2 aliphatic rings. The molecule has 0 bridgehead atoms. The summed E-state index contributed by atoms with van der Waals surface area (Å²) in [5, 5.41) is 8.81. The number of anilines is 2. The van der Waals surface area contributed by atoms with Crippen molar-refractivity contribution in [1.82, 2.24) is 4.57 Å². The van der Waals surface area contributed by atoms with E-state index in [-0.39, 0.29) is 21.7 Å². The van der Waals surface area contributed by atoms with E-state index < -0.39 is 0 Å². The predicted molar refractivity (Wildman–Crippen MR) is 263 cm³/mol. The van der Waals surface area contributed by atoms with Crippen LogP contribution in [0.2, 0.25) is 0 Å². The molecule has 0 saturated heterocycles. The molecule has 9 aromatic rings. The summed E-state index contributed by atoms with van der Waals surface area (Å²) in [4.78, 5) is 0. The van der Waals surface area contributed by atoms with Crippen LogP contribution >= 0.6 is 0 Å². The predicted octanol–water partition coefficient (Wildman–Crippen LogP) is 14.0. The first-order valence-electron chi connectivity index (χ1n) is 22.1. The van der Waals surface area contributed by atoms with Crippen LogP contribution in [0.25, 0.3) is 71.7 Å². The Labute approximate surface area is 361 Å². The molecule has 1 N–H and O–H groups in total. The second-order valence-corrected chi connectivity index (χ2v) is 21.6. The van der Waals surface area contributed by atoms with Crippen LogP contribution in [0.3, 0.4) is 0 Å². The molecule has 302 valence electrons. The number of aromatic nitrogens is 1. The van der Waals surface area contributed by atoms with Crippen molar-refractivity contribution in [1.29, 1.82) is 0 Å². The maximum absolute atomic E-state index is 6.75. The Bertz CT molecular complexity index is 3320. The van der Waals surface area contributed by atoms with Gasteiger partial charge in [0.1, 0.15) is 11.2 Å². The van der Waals surface area contributed by atoms with E-state index in [1.165, 1.54) is 88.5 Å². The number of hydrogen-bond donors (Lipinski definition) is 1. The molecule has 4 heteroatoms. The SMILES string of the molecule is CC(C)(C)c1ccc(Nc2cc3oc4cc(C(C)(C)C)ccc4c3cc2-c2ccc3c4cc5c(cc4n4c3c2Bc2cc(C(C)(C)C)ccc2-4)C(C)(C)c2ccccc2-5)cc1. The zero-order chi connectivity index (χ0) is 42.5. The number of rotatable bonds is 3. The van der Waals surface area contributed by atoms with Gasteiger partial charge in [-0.3, -0.25) is 0 Å². The Morgan fingerprint density at radius 2 is 1.16 bits per heavy atom. The van der Waals surface area contributed by atoms with Gasteiger partial charge in [0, 0.05) is 55.5 Å². The zero-order valence-electron chi connectivity index (χ0n) is 37.6. The first kappa shape index (κ1) is 38.0. The average Bonchev–Trinajstić information content (AvgIpc) is 3.81. The number of nitrogens with zero attached hydrogens (tertiary/aromatic N) is 1. The number of furan rings is 1. The fourth-order valence-corrected chi connectivity index (χ4v) is 10.5. The van der Waals surface area contributed by atoms with E-state index in [1.54, 1.807) is 0 Å². The van der Waals surface area contributed by atoms with Crippen LogP contribution in [0.4, 0.5) is 11.4 Å². The molecule has 0 fully saturated rings. The Morgan fingerprint density at radius 3 is 1.90 bits per heavy atom. The molecule has 0 saturated carbocycles. The van der Waals surface area contributed by atoms with E-state index >= 15 is 0 Å². The highest BCUT2D eigenvalue weighted by atomic mass is 16.3. The lowest BCUT2D eigenvalue weighted by molar-refractivity contribution is 0.587. The second-order valence-electron chi connectivity index (χ2n) is 21.6. The monoisotopic (exact) mass is 794 g/mol. The average molecular weight is 795 g/mol. The molecule has 0 atom stereocenters. The summed E-state index contributed by atoms with van der Waals surface area (Å²) < 4.78 is 9.35. The summed E-state index contributed by atoms with van der Waals surface area (Å²) >= 11 is 0. The summed E-state index contributed by atoms with van der Waals surface area (Å²) in [5.74, 6) is 0. The third-order valence-corrected chi connectivity index (χ3v) is 14.1. The van der Waals surface area contributed by atoms with Crippen molar-refractivity contribution in [2.24, 2.45) is 0 Å². The Balaban J connectivity index is 1.20. The Kier molecular flexibility index (Phi) is 7.80. The van der Waals surface area contributed by atoms with Gasteiger partial charge in [0.05, 0.1) is 11.2 Å². The van der Waals surface area contributed by atoms with Gasteiger partial charge >= 0.3 is 0 Å². The molecular weight excluding hydrogens is 739 g/mol. The molecule has 61 heavy (non-hydrogen) atoms. The van der Waals surface area contributed by atoms with Crippen LogP contribution in [-0.4, -0.2) is 11.8 Å². The first-order valence-corrected chi connectivity index (χ1v) is 22.1. The van der Waals surface area contributed by atoms with Crippen molar-refractivity contribution < 1.29 is 4.42 Å². The molecule has 0 amide bonds. The lowest BCUT2D eigenvalue weighted by Gasteiger charge is -2.27. The van der Waals surface area contributed by atoms with Gasteiger partial charge in [-0.25, -0.2) is 0 Å².